The fraction of sp³-hybridized carbons (Fsp3) is 0.238. The van der Waals surface area contributed by atoms with Gasteiger partial charge in [0.05, 0.1) is 23.7 Å². The van der Waals surface area contributed by atoms with Crippen LogP contribution >= 0.6 is 0 Å². The summed E-state index contributed by atoms with van der Waals surface area (Å²) >= 11 is 0. The third kappa shape index (κ3) is 2.56. The maximum Gasteiger partial charge on any atom is 0.209 e. The van der Waals surface area contributed by atoms with Crippen LogP contribution in [-0.4, -0.2) is 21.9 Å². The first-order valence-electron chi connectivity index (χ1n) is 8.78. The SMILES string of the molecule is CCOc1ccc([C@H]2C(C(C)=O)=C(C)Nc3nc4ccccc4n32)cc1. The van der Waals surface area contributed by atoms with Gasteiger partial charge in [0, 0.05) is 11.3 Å². The van der Waals surface area contributed by atoms with Crippen LogP contribution in [0.25, 0.3) is 11.0 Å². The highest BCUT2D eigenvalue weighted by Crippen LogP contribution is 2.39. The highest BCUT2D eigenvalue weighted by atomic mass is 16.5. The summed E-state index contributed by atoms with van der Waals surface area (Å²) in [5.41, 5.74) is 4.54. The zero-order chi connectivity index (χ0) is 18.3. The van der Waals surface area contributed by atoms with Crippen molar-refractivity contribution in [1.29, 1.82) is 0 Å². The average molecular weight is 347 g/mol. The minimum atomic E-state index is -0.216. The number of anilines is 1. The number of benzene rings is 2. The second-order valence-electron chi connectivity index (χ2n) is 6.42. The number of hydrogen-bond acceptors (Lipinski definition) is 4. The second kappa shape index (κ2) is 6.33. The lowest BCUT2D eigenvalue weighted by Crippen LogP contribution is -2.26. The molecule has 0 bridgehead atoms. The van der Waals surface area contributed by atoms with E-state index in [1.165, 1.54) is 0 Å². The quantitative estimate of drug-likeness (QED) is 0.764. The molecule has 2 aromatic carbocycles. The second-order valence-corrected chi connectivity index (χ2v) is 6.42. The van der Waals surface area contributed by atoms with Gasteiger partial charge in [0.25, 0.3) is 0 Å². The third-order valence-electron chi connectivity index (χ3n) is 4.72. The van der Waals surface area contributed by atoms with E-state index in [1.807, 2.05) is 62.4 Å². The van der Waals surface area contributed by atoms with Crippen LogP contribution in [0.4, 0.5) is 5.95 Å². The van der Waals surface area contributed by atoms with Gasteiger partial charge in [-0.05, 0) is 50.6 Å². The zero-order valence-corrected chi connectivity index (χ0v) is 15.1. The Kier molecular flexibility index (Phi) is 3.99. The van der Waals surface area contributed by atoms with Gasteiger partial charge in [0.15, 0.2) is 5.78 Å². The molecule has 1 N–H and O–H groups in total. The van der Waals surface area contributed by atoms with Crippen LogP contribution in [0.5, 0.6) is 5.75 Å². The number of Topliss-reactive ketones (excluding diaryl/α,β-unsaturated/α-hetero) is 1. The summed E-state index contributed by atoms with van der Waals surface area (Å²) in [5, 5.41) is 3.30. The number of carbonyl (C=O) groups is 1. The number of nitrogens with zero attached hydrogens (tertiary/aromatic N) is 2. The van der Waals surface area contributed by atoms with Crippen molar-refractivity contribution in [1.82, 2.24) is 9.55 Å². The number of fused-ring (bicyclic) bond motifs is 3. The molecule has 0 saturated carbocycles. The molecule has 132 valence electrons. The molecule has 1 aromatic heterocycles. The van der Waals surface area contributed by atoms with Crippen LogP contribution in [0, 0.1) is 0 Å². The molecule has 0 aliphatic carbocycles. The van der Waals surface area contributed by atoms with Gasteiger partial charge in [0.1, 0.15) is 5.75 Å². The van der Waals surface area contributed by atoms with Gasteiger partial charge in [-0.1, -0.05) is 24.3 Å². The summed E-state index contributed by atoms with van der Waals surface area (Å²) in [4.78, 5) is 17.2. The molecule has 0 spiro atoms. The summed E-state index contributed by atoms with van der Waals surface area (Å²) in [7, 11) is 0. The molecule has 1 atom stereocenters. The van der Waals surface area contributed by atoms with E-state index in [0.29, 0.717) is 6.61 Å². The topological polar surface area (TPSA) is 56.1 Å². The number of imidazole rings is 1. The first-order valence-corrected chi connectivity index (χ1v) is 8.78. The lowest BCUT2D eigenvalue weighted by molar-refractivity contribution is -0.114. The molecule has 5 heteroatoms. The third-order valence-corrected chi connectivity index (χ3v) is 4.72. The smallest absolute Gasteiger partial charge is 0.209 e. The van der Waals surface area contributed by atoms with E-state index >= 15 is 0 Å². The summed E-state index contributed by atoms with van der Waals surface area (Å²) < 4.78 is 7.66. The van der Waals surface area contributed by atoms with Gasteiger partial charge in [-0.15, -0.1) is 0 Å². The molecular weight excluding hydrogens is 326 g/mol. The highest BCUT2D eigenvalue weighted by molar-refractivity contribution is 5.97. The van der Waals surface area contributed by atoms with Crippen molar-refractivity contribution in [2.24, 2.45) is 0 Å². The summed E-state index contributed by atoms with van der Waals surface area (Å²) in [6.07, 6.45) is 0. The van der Waals surface area contributed by atoms with Crippen LogP contribution in [0.1, 0.15) is 32.4 Å². The van der Waals surface area contributed by atoms with E-state index in [-0.39, 0.29) is 11.8 Å². The number of ether oxygens (including phenoxy) is 1. The maximum atomic E-state index is 12.5. The molecule has 26 heavy (non-hydrogen) atoms. The van der Waals surface area contributed by atoms with Gasteiger partial charge < -0.3 is 10.1 Å². The number of para-hydroxylation sites is 2. The molecule has 0 fully saturated rings. The molecule has 4 rings (SSSR count). The molecule has 5 nitrogen and oxygen atoms in total. The number of ketones is 1. The monoisotopic (exact) mass is 347 g/mol. The lowest BCUT2D eigenvalue weighted by atomic mass is 9.92. The van der Waals surface area contributed by atoms with E-state index in [4.69, 9.17) is 9.72 Å². The van der Waals surface area contributed by atoms with Gasteiger partial charge in [0.2, 0.25) is 5.95 Å². The molecule has 0 amide bonds. The van der Waals surface area contributed by atoms with Crippen molar-refractivity contribution in [3.05, 3.63) is 65.4 Å². The van der Waals surface area contributed by atoms with Crippen LogP contribution < -0.4 is 10.1 Å². The predicted molar refractivity (Wildman–Crippen MR) is 102 cm³/mol. The Morgan fingerprint density at radius 1 is 1.19 bits per heavy atom. The van der Waals surface area contributed by atoms with Crippen LogP contribution in [0.15, 0.2) is 59.8 Å². The number of aromatic nitrogens is 2. The number of rotatable bonds is 4. The van der Waals surface area contributed by atoms with E-state index < -0.39 is 0 Å². The standard InChI is InChI=1S/C21H21N3O2/c1-4-26-16-11-9-15(10-12-16)20-19(14(3)25)13(2)22-21-23-17-7-5-6-8-18(17)24(20)21/h5-12,20H,4H2,1-3H3,(H,22,23)/t20-/m0/s1. The average Bonchev–Trinajstić information content (AvgIpc) is 2.99. The zero-order valence-electron chi connectivity index (χ0n) is 15.1. The van der Waals surface area contributed by atoms with Crippen LogP contribution in [-0.2, 0) is 4.79 Å². The maximum absolute atomic E-state index is 12.5. The van der Waals surface area contributed by atoms with Crippen molar-refractivity contribution in [3.8, 4) is 5.75 Å². The normalized spacial score (nSPS) is 16.3. The molecule has 0 unspecified atom stereocenters. The Balaban J connectivity index is 1.93. The molecule has 3 aromatic rings. The Morgan fingerprint density at radius 3 is 2.62 bits per heavy atom. The fourth-order valence-electron chi connectivity index (χ4n) is 3.65. The number of allylic oxidation sites excluding steroid dienone is 2. The largest absolute Gasteiger partial charge is 0.494 e. The van der Waals surface area contributed by atoms with Gasteiger partial charge in [-0.25, -0.2) is 4.98 Å². The first kappa shape index (κ1) is 16.4. The van der Waals surface area contributed by atoms with Crippen molar-refractivity contribution >= 4 is 22.8 Å². The Hall–Kier alpha value is -3.08. The van der Waals surface area contributed by atoms with Crippen LogP contribution in [0.3, 0.4) is 0 Å². The van der Waals surface area contributed by atoms with Gasteiger partial charge in [-0.2, -0.15) is 0 Å². The minimum absolute atomic E-state index is 0.0531. The Labute approximate surface area is 152 Å². The number of nitrogens with one attached hydrogen (secondary N) is 1. The lowest BCUT2D eigenvalue weighted by Gasteiger charge is -2.30. The van der Waals surface area contributed by atoms with Crippen molar-refractivity contribution < 1.29 is 9.53 Å². The molecular formula is C21H21N3O2. The number of carbonyl (C=O) groups excluding carboxylic acids is 1. The molecule has 0 radical (unpaired) electrons. The van der Waals surface area contributed by atoms with Crippen LogP contribution in [0.2, 0.25) is 0 Å². The van der Waals surface area contributed by atoms with Gasteiger partial charge >= 0.3 is 0 Å². The van der Waals surface area contributed by atoms with E-state index in [1.54, 1.807) is 6.92 Å². The van der Waals surface area contributed by atoms with E-state index in [9.17, 15) is 4.79 Å². The Morgan fingerprint density at radius 2 is 1.92 bits per heavy atom. The number of hydrogen-bond donors (Lipinski definition) is 1. The molecule has 0 saturated heterocycles. The molecule has 1 aliphatic heterocycles. The van der Waals surface area contributed by atoms with Gasteiger partial charge in [-0.3, -0.25) is 9.36 Å². The predicted octanol–water partition coefficient (Wildman–Crippen LogP) is 4.31. The van der Waals surface area contributed by atoms with E-state index in [0.717, 1.165) is 39.6 Å². The van der Waals surface area contributed by atoms with Crippen molar-refractivity contribution in [3.63, 3.8) is 0 Å². The van der Waals surface area contributed by atoms with E-state index in [2.05, 4.69) is 9.88 Å². The summed E-state index contributed by atoms with van der Waals surface area (Å²) in [5.74, 6) is 1.64. The minimum Gasteiger partial charge on any atom is -0.494 e. The Bertz CT molecular complexity index is 1020. The first-order chi connectivity index (χ1) is 12.6. The van der Waals surface area contributed by atoms with Crippen molar-refractivity contribution in [2.45, 2.75) is 26.8 Å². The molecule has 1 aliphatic rings. The molecule has 2 heterocycles. The van der Waals surface area contributed by atoms with Crippen molar-refractivity contribution in [2.75, 3.05) is 11.9 Å². The summed E-state index contributed by atoms with van der Waals surface area (Å²) in [6.45, 7) is 6.14. The summed E-state index contributed by atoms with van der Waals surface area (Å²) in [6, 6.07) is 15.7. The highest BCUT2D eigenvalue weighted by Gasteiger charge is 2.32. The fourth-order valence-corrected chi connectivity index (χ4v) is 3.65.